The zero-order chi connectivity index (χ0) is 13.4. The van der Waals surface area contributed by atoms with Gasteiger partial charge in [0.2, 0.25) is 0 Å². The highest BCUT2D eigenvalue weighted by molar-refractivity contribution is 7.71. The molecule has 19 heavy (non-hydrogen) atoms. The fourth-order valence-electron chi connectivity index (χ4n) is 2.01. The van der Waals surface area contributed by atoms with E-state index in [1.54, 1.807) is 35.0 Å². The highest BCUT2D eigenvalue weighted by Crippen LogP contribution is 2.15. The predicted molar refractivity (Wildman–Crippen MR) is 74.1 cm³/mol. The molecule has 0 amide bonds. The Hall–Kier alpha value is -2.34. The third-order valence-electron chi connectivity index (χ3n) is 2.88. The van der Waals surface area contributed by atoms with Gasteiger partial charge < -0.3 is 14.7 Å². The minimum atomic E-state index is -0.0401. The molecule has 3 heterocycles. The van der Waals surface area contributed by atoms with Crippen molar-refractivity contribution in [2.45, 2.75) is 6.54 Å². The molecule has 5 nitrogen and oxygen atoms in total. The molecule has 0 aliphatic rings. The molecule has 0 unspecified atom stereocenters. The summed E-state index contributed by atoms with van der Waals surface area (Å²) in [5.74, 6) is 0.195. The molecule has 0 aliphatic carbocycles. The number of nitrogens with one attached hydrogen (secondary N) is 1. The lowest BCUT2D eigenvalue weighted by atomic mass is 10.3. The summed E-state index contributed by atoms with van der Waals surface area (Å²) < 4.78 is 4.26. The maximum absolute atomic E-state index is 11.3. The number of imidazole rings is 1. The van der Waals surface area contributed by atoms with E-state index in [1.807, 2.05) is 10.8 Å². The molecule has 3 aromatic rings. The maximum atomic E-state index is 11.3. The van der Waals surface area contributed by atoms with Crippen molar-refractivity contribution in [3.8, 4) is 5.75 Å². The largest absolute Gasteiger partial charge is 0.508 e. The maximum Gasteiger partial charge on any atom is 0.184 e. The average Bonchev–Trinajstić information content (AvgIpc) is 2.66. The minimum absolute atomic E-state index is 0.0401. The zero-order valence-corrected chi connectivity index (χ0v) is 10.7. The molecule has 0 fully saturated rings. The Balaban J connectivity index is 2.08. The Kier molecular flexibility index (Phi) is 2.72. The van der Waals surface area contributed by atoms with Crippen LogP contribution in [0.1, 0.15) is 5.69 Å². The summed E-state index contributed by atoms with van der Waals surface area (Å²) in [7, 11) is 0. The molecule has 3 rings (SSSR count). The summed E-state index contributed by atoms with van der Waals surface area (Å²) in [5, 5.41) is 9.45. The van der Waals surface area contributed by atoms with Crippen LogP contribution in [0, 0.1) is 4.77 Å². The lowest BCUT2D eigenvalue weighted by Gasteiger charge is -2.01. The lowest BCUT2D eigenvalue weighted by Crippen LogP contribution is -2.06. The first-order chi connectivity index (χ1) is 9.13. The van der Waals surface area contributed by atoms with E-state index in [1.165, 1.54) is 6.07 Å². The summed E-state index contributed by atoms with van der Waals surface area (Å²) in [6, 6.07) is 6.23. The molecule has 6 heteroatoms. The van der Waals surface area contributed by atoms with E-state index < -0.39 is 0 Å². The Morgan fingerprint density at radius 3 is 2.95 bits per heavy atom. The van der Waals surface area contributed by atoms with Crippen molar-refractivity contribution in [3.63, 3.8) is 0 Å². The smallest absolute Gasteiger partial charge is 0.184 e. The number of H-pyrrole nitrogens is 1. The van der Waals surface area contributed by atoms with Crippen LogP contribution in [0.2, 0.25) is 0 Å². The Bertz CT molecular complexity index is 860. The first kappa shape index (κ1) is 11.7. The second-order valence-electron chi connectivity index (χ2n) is 4.27. The van der Waals surface area contributed by atoms with Crippen LogP contribution in [-0.2, 0) is 6.54 Å². The van der Waals surface area contributed by atoms with Gasteiger partial charge in [0.15, 0.2) is 10.2 Å². The summed E-state index contributed by atoms with van der Waals surface area (Å²) >= 11 is 5.35. The topological polar surface area (TPSA) is 62.4 Å². The Labute approximate surface area is 113 Å². The Morgan fingerprint density at radius 2 is 2.16 bits per heavy atom. The molecule has 0 bridgehead atoms. The third kappa shape index (κ3) is 2.17. The van der Waals surface area contributed by atoms with Gasteiger partial charge in [-0.1, -0.05) is 0 Å². The number of aromatic nitrogens is 3. The molecule has 0 aromatic carbocycles. The molecule has 2 N–H and O–H groups in total. The third-order valence-corrected chi connectivity index (χ3v) is 3.31. The van der Waals surface area contributed by atoms with Gasteiger partial charge in [-0.2, -0.15) is 0 Å². The zero-order valence-electron chi connectivity index (χ0n) is 9.91. The highest BCUT2D eigenvalue weighted by Gasteiger charge is 2.04. The van der Waals surface area contributed by atoms with E-state index in [0.717, 1.165) is 11.2 Å². The first-order valence-electron chi connectivity index (χ1n) is 5.71. The van der Waals surface area contributed by atoms with Gasteiger partial charge >= 0.3 is 0 Å². The molecule has 96 valence electrons. The van der Waals surface area contributed by atoms with E-state index >= 15 is 0 Å². The number of fused-ring (bicyclic) bond motifs is 1. The van der Waals surface area contributed by atoms with Crippen LogP contribution in [0.3, 0.4) is 0 Å². The molecule has 3 aromatic heterocycles. The van der Waals surface area contributed by atoms with Crippen molar-refractivity contribution in [2.75, 3.05) is 0 Å². The second-order valence-corrected chi connectivity index (χ2v) is 4.63. The molecule has 0 saturated heterocycles. The summed E-state index contributed by atoms with van der Waals surface area (Å²) in [5.41, 5.74) is 1.55. The molecule has 0 radical (unpaired) electrons. The van der Waals surface area contributed by atoms with Gasteiger partial charge in [0.25, 0.3) is 0 Å². The quantitative estimate of drug-likeness (QED) is 0.701. The average molecular weight is 273 g/mol. The lowest BCUT2D eigenvalue weighted by molar-refractivity contribution is 0.475. The molecular formula is C13H11N3O2S. The molecule has 0 saturated carbocycles. The van der Waals surface area contributed by atoms with Crippen molar-refractivity contribution < 1.29 is 5.11 Å². The number of aromatic amines is 1. The van der Waals surface area contributed by atoms with Crippen LogP contribution >= 0.6 is 12.2 Å². The summed E-state index contributed by atoms with van der Waals surface area (Å²) in [6.07, 6.45) is 5.17. The second kappa shape index (κ2) is 4.40. The number of rotatable bonds is 2. The van der Waals surface area contributed by atoms with Gasteiger partial charge in [0.05, 0.1) is 12.1 Å². The van der Waals surface area contributed by atoms with Crippen molar-refractivity contribution in [3.05, 3.63) is 63.5 Å². The fourth-order valence-corrected chi connectivity index (χ4v) is 2.30. The van der Waals surface area contributed by atoms with Crippen molar-refractivity contribution >= 4 is 17.7 Å². The molecule has 0 atom stereocenters. The van der Waals surface area contributed by atoms with Gasteiger partial charge in [-0.25, -0.2) is 0 Å². The predicted octanol–water partition coefficient (Wildman–Crippen LogP) is 1.91. The van der Waals surface area contributed by atoms with Crippen LogP contribution in [0.5, 0.6) is 5.75 Å². The summed E-state index contributed by atoms with van der Waals surface area (Å²) in [4.78, 5) is 14.3. The van der Waals surface area contributed by atoms with E-state index in [-0.39, 0.29) is 11.2 Å². The van der Waals surface area contributed by atoms with Crippen LogP contribution in [0.25, 0.3) is 5.52 Å². The standard InChI is InChI=1S/C13H11N3O2S/c17-11-1-3-14-9(5-11)7-15-8-10-6-12(18)2-4-16(10)13(15)19/h1-6,8,18H,7H2,(H,14,17). The van der Waals surface area contributed by atoms with E-state index in [2.05, 4.69) is 4.98 Å². The summed E-state index contributed by atoms with van der Waals surface area (Å²) in [6.45, 7) is 0.483. The van der Waals surface area contributed by atoms with Gasteiger partial charge in [0, 0.05) is 42.5 Å². The number of nitrogens with zero attached hydrogens (tertiary/aromatic N) is 2. The SMILES string of the molecule is O=c1cc[nH]c(Cn2cc3cc(O)ccn3c2=S)c1. The van der Waals surface area contributed by atoms with Crippen LogP contribution in [0.4, 0.5) is 0 Å². The molecule has 0 aliphatic heterocycles. The van der Waals surface area contributed by atoms with Gasteiger partial charge in [0.1, 0.15) is 5.75 Å². The number of pyridine rings is 2. The molecular weight excluding hydrogens is 262 g/mol. The van der Waals surface area contributed by atoms with Gasteiger partial charge in [-0.15, -0.1) is 0 Å². The van der Waals surface area contributed by atoms with E-state index in [0.29, 0.717) is 11.3 Å². The fraction of sp³-hybridized carbons (Fsp3) is 0.0769. The normalized spacial score (nSPS) is 10.9. The van der Waals surface area contributed by atoms with Crippen LogP contribution in [0.15, 0.2) is 47.7 Å². The van der Waals surface area contributed by atoms with Crippen molar-refractivity contribution in [2.24, 2.45) is 0 Å². The Morgan fingerprint density at radius 1 is 1.32 bits per heavy atom. The highest BCUT2D eigenvalue weighted by atomic mass is 32.1. The number of hydrogen-bond acceptors (Lipinski definition) is 3. The van der Waals surface area contributed by atoms with E-state index in [4.69, 9.17) is 12.2 Å². The molecule has 0 spiro atoms. The number of hydrogen-bond donors (Lipinski definition) is 2. The monoisotopic (exact) mass is 273 g/mol. The van der Waals surface area contributed by atoms with Gasteiger partial charge in [-0.05, 0) is 18.3 Å². The number of aromatic hydroxyl groups is 1. The van der Waals surface area contributed by atoms with Crippen LogP contribution in [-0.4, -0.2) is 19.1 Å². The minimum Gasteiger partial charge on any atom is -0.508 e. The van der Waals surface area contributed by atoms with Crippen molar-refractivity contribution in [1.29, 1.82) is 0 Å². The van der Waals surface area contributed by atoms with E-state index in [9.17, 15) is 9.90 Å². The van der Waals surface area contributed by atoms with Gasteiger partial charge in [-0.3, -0.25) is 9.20 Å². The first-order valence-corrected chi connectivity index (χ1v) is 6.12. The van der Waals surface area contributed by atoms with Crippen molar-refractivity contribution in [1.82, 2.24) is 14.0 Å². The van der Waals surface area contributed by atoms with Crippen LogP contribution < -0.4 is 5.43 Å².